The molecule has 0 heterocycles. The second kappa shape index (κ2) is 4.74. The predicted molar refractivity (Wildman–Crippen MR) is 54.7 cm³/mol. The highest BCUT2D eigenvalue weighted by Gasteiger charge is 2.27. The minimum absolute atomic E-state index is 0.181. The summed E-state index contributed by atoms with van der Waals surface area (Å²) < 4.78 is 26.3. The lowest BCUT2D eigenvalue weighted by molar-refractivity contribution is -0.00625. The fraction of sp³-hybridized carbons (Fsp3) is 0.364. The fourth-order valence-electron chi connectivity index (χ4n) is 1.29. The Bertz CT molecular complexity index is 297. The molecule has 1 rings (SSSR count). The van der Waals surface area contributed by atoms with Crippen LogP contribution >= 0.6 is 11.6 Å². The first-order valence-corrected chi connectivity index (χ1v) is 4.83. The number of benzene rings is 1. The third-order valence-corrected chi connectivity index (χ3v) is 2.13. The van der Waals surface area contributed by atoms with Gasteiger partial charge in [0.15, 0.2) is 0 Å². The molecule has 0 aliphatic rings. The Hall–Kier alpha value is -0.630. The van der Waals surface area contributed by atoms with Crippen molar-refractivity contribution >= 4 is 11.6 Å². The summed E-state index contributed by atoms with van der Waals surface area (Å²) in [5.74, 6) is -2.67. The van der Waals surface area contributed by atoms with E-state index in [9.17, 15) is 8.78 Å². The zero-order valence-corrected chi connectivity index (χ0v) is 8.53. The van der Waals surface area contributed by atoms with Gasteiger partial charge in [0.05, 0.1) is 0 Å². The zero-order valence-electron chi connectivity index (χ0n) is 7.77. The Kier molecular flexibility index (Phi) is 3.87. The van der Waals surface area contributed by atoms with Crippen LogP contribution in [0.25, 0.3) is 0 Å². The van der Waals surface area contributed by atoms with Gasteiger partial charge in [-0.1, -0.05) is 30.7 Å². The first-order valence-electron chi connectivity index (χ1n) is 4.45. The van der Waals surface area contributed by atoms with E-state index in [-0.39, 0.29) is 19.3 Å². The molecule has 1 aromatic carbocycles. The Morgan fingerprint density at radius 1 is 1.36 bits per heavy atom. The van der Waals surface area contributed by atoms with E-state index in [0.717, 1.165) is 0 Å². The Labute approximate surface area is 87.9 Å². The van der Waals surface area contributed by atoms with E-state index in [1.54, 1.807) is 24.3 Å². The molecule has 0 unspecified atom stereocenters. The topological polar surface area (TPSA) is 0 Å². The summed E-state index contributed by atoms with van der Waals surface area (Å²) in [5.41, 5.74) is 0.566. The summed E-state index contributed by atoms with van der Waals surface area (Å²) >= 11 is 5.69. The SMILES string of the molecule is [CH2]CCC(F)(F)Cc1cccc(Cl)c1. The molecule has 0 saturated heterocycles. The maximum Gasteiger partial charge on any atom is 0.252 e. The summed E-state index contributed by atoms with van der Waals surface area (Å²) in [6, 6.07) is 6.57. The molecule has 0 fully saturated rings. The van der Waals surface area contributed by atoms with Gasteiger partial charge >= 0.3 is 0 Å². The molecule has 0 aliphatic heterocycles. The minimum Gasteiger partial charge on any atom is -0.207 e. The molecular formula is C11H12ClF2. The van der Waals surface area contributed by atoms with Crippen LogP contribution in [0.3, 0.4) is 0 Å². The van der Waals surface area contributed by atoms with Gasteiger partial charge in [0.2, 0.25) is 0 Å². The van der Waals surface area contributed by atoms with Crippen molar-refractivity contribution in [3.05, 3.63) is 41.8 Å². The second-order valence-electron chi connectivity index (χ2n) is 3.27. The van der Waals surface area contributed by atoms with Crippen molar-refractivity contribution in [1.29, 1.82) is 0 Å². The van der Waals surface area contributed by atoms with E-state index >= 15 is 0 Å². The fourth-order valence-corrected chi connectivity index (χ4v) is 1.51. The van der Waals surface area contributed by atoms with Crippen LogP contribution in [-0.2, 0) is 6.42 Å². The molecule has 0 N–H and O–H groups in total. The first kappa shape index (κ1) is 11.4. The maximum atomic E-state index is 13.2. The van der Waals surface area contributed by atoms with E-state index in [1.165, 1.54) is 0 Å². The van der Waals surface area contributed by atoms with Gasteiger partial charge in [-0.25, -0.2) is 8.78 Å². The largest absolute Gasteiger partial charge is 0.252 e. The molecule has 3 heteroatoms. The molecule has 14 heavy (non-hydrogen) atoms. The Balaban J connectivity index is 2.68. The second-order valence-corrected chi connectivity index (χ2v) is 3.70. The quantitative estimate of drug-likeness (QED) is 0.711. The highest BCUT2D eigenvalue weighted by molar-refractivity contribution is 6.30. The molecule has 77 valence electrons. The van der Waals surface area contributed by atoms with Gasteiger partial charge < -0.3 is 0 Å². The van der Waals surface area contributed by atoms with Crippen LogP contribution in [0.2, 0.25) is 5.02 Å². The van der Waals surface area contributed by atoms with Crippen LogP contribution in [0.15, 0.2) is 24.3 Å². The number of alkyl halides is 2. The smallest absolute Gasteiger partial charge is 0.207 e. The molecule has 0 spiro atoms. The van der Waals surface area contributed by atoms with Crippen LogP contribution in [0.1, 0.15) is 18.4 Å². The number of hydrogen-bond acceptors (Lipinski definition) is 0. The van der Waals surface area contributed by atoms with Gasteiger partial charge in [-0.3, -0.25) is 0 Å². The van der Waals surface area contributed by atoms with Crippen LogP contribution in [0.4, 0.5) is 8.78 Å². The summed E-state index contributed by atoms with van der Waals surface area (Å²) in [7, 11) is 0. The maximum absolute atomic E-state index is 13.2. The predicted octanol–water partition coefficient (Wildman–Crippen LogP) is 4.13. The van der Waals surface area contributed by atoms with Crippen LogP contribution in [0.5, 0.6) is 0 Å². The highest BCUT2D eigenvalue weighted by atomic mass is 35.5. The highest BCUT2D eigenvalue weighted by Crippen LogP contribution is 2.26. The van der Waals surface area contributed by atoms with E-state index in [4.69, 9.17) is 11.6 Å². The van der Waals surface area contributed by atoms with Crippen LogP contribution < -0.4 is 0 Å². The van der Waals surface area contributed by atoms with Crippen molar-refractivity contribution in [2.24, 2.45) is 0 Å². The average molecular weight is 218 g/mol. The number of rotatable bonds is 4. The molecule has 0 amide bonds. The van der Waals surface area contributed by atoms with Crippen molar-refractivity contribution in [3.8, 4) is 0 Å². The molecule has 0 aromatic heterocycles. The molecule has 0 nitrogen and oxygen atoms in total. The van der Waals surface area contributed by atoms with E-state index in [0.29, 0.717) is 10.6 Å². The summed E-state index contributed by atoms with van der Waals surface area (Å²) in [4.78, 5) is 0. The average Bonchev–Trinajstić information content (AvgIpc) is 2.02. The monoisotopic (exact) mass is 217 g/mol. The lowest BCUT2D eigenvalue weighted by Gasteiger charge is -2.15. The molecule has 0 atom stereocenters. The van der Waals surface area contributed by atoms with Gasteiger partial charge in [0.25, 0.3) is 5.92 Å². The summed E-state index contributed by atoms with van der Waals surface area (Å²) in [6.07, 6.45) is -0.198. The van der Waals surface area contributed by atoms with Crippen molar-refractivity contribution in [2.45, 2.75) is 25.2 Å². The van der Waals surface area contributed by atoms with Crippen molar-refractivity contribution in [1.82, 2.24) is 0 Å². The molecule has 1 radical (unpaired) electrons. The van der Waals surface area contributed by atoms with Crippen molar-refractivity contribution in [2.75, 3.05) is 0 Å². The first-order chi connectivity index (χ1) is 6.53. The number of halogens is 3. The molecule has 1 aromatic rings. The standard InChI is InChI=1S/C11H12ClF2/c1-2-6-11(13,14)8-9-4-3-5-10(12)7-9/h3-5,7H,1-2,6,8H2. The van der Waals surface area contributed by atoms with Crippen LogP contribution in [0, 0.1) is 6.92 Å². The van der Waals surface area contributed by atoms with Gasteiger partial charge in [0, 0.05) is 17.9 Å². The molecule has 0 saturated carbocycles. The Morgan fingerprint density at radius 3 is 2.64 bits per heavy atom. The number of hydrogen-bond donors (Lipinski definition) is 0. The lowest BCUT2D eigenvalue weighted by atomic mass is 10.0. The minimum atomic E-state index is -2.67. The third kappa shape index (κ3) is 3.62. The van der Waals surface area contributed by atoms with Gasteiger partial charge in [-0.15, -0.1) is 0 Å². The Morgan fingerprint density at radius 2 is 2.07 bits per heavy atom. The third-order valence-electron chi connectivity index (χ3n) is 1.89. The van der Waals surface area contributed by atoms with Crippen LogP contribution in [-0.4, -0.2) is 5.92 Å². The summed E-state index contributed by atoms with van der Waals surface area (Å²) in [5, 5.41) is 0.493. The van der Waals surface area contributed by atoms with Crippen molar-refractivity contribution < 1.29 is 8.78 Å². The van der Waals surface area contributed by atoms with E-state index in [2.05, 4.69) is 6.92 Å². The van der Waals surface area contributed by atoms with E-state index < -0.39 is 5.92 Å². The van der Waals surface area contributed by atoms with E-state index in [1.807, 2.05) is 0 Å². The molecule has 0 bridgehead atoms. The van der Waals surface area contributed by atoms with Gasteiger partial charge in [-0.05, 0) is 24.1 Å². The molecule has 0 aliphatic carbocycles. The zero-order chi connectivity index (χ0) is 10.6. The van der Waals surface area contributed by atoms with Gasteiger partial charge in [-0.2, -0.15) is 0 Å². The van der Waals surface area contributed by atoms with Crippen molar-refractivity contribution in [3.63, 3.8) is 0 Å². The normalized spacial score (nSPS) is 11.7. The molecular weight excluding hydrogens is 206 g/mol. The van der Waals surface area contributed by atoms with Gasteiger partial charge in [0.1, 0.15) is 0 Å². The summed E-state index contributed by atoms with van der Waals surface area (Å²) in [6.45, 7) is 3.42. The lowest BCUT2D eigenvalue weighted by Crippen LogP contribution is -2.18.